The van der Waals surface area contributed by atoms with Gasteiger partial charge in [-0.05, 0) is 0 Å². The van der Waals surface area contributed by atoms with Crippen LogP contribution in [-0.2, 0) is 99.0 Å². The minimum atomic E-state index is 0. The quantitative estimate of drug-likeness (QED) is 0.342. The molecule has 0 aromatic heterocycles. The molecule has 0 unspecified atom stereocenters. The molecule has 44 valence electrons. The van der Waals surface area contributed by atoms with Crippen LogP contribution in [0, 0.1) is 0 Å². The van der Waals surface area contributed by atoms with Crippen LogP contribution in [-0.4, -0.2) is 0 Å². The van der Waals surface area contributed by atoms with Crippen LogP contribution < -0.4 is 0 Å². The van der Waals surface area contributed by atoms with Crippen molar-refractivity contribution >= 4 is 0 Å². The van der Waals surface area contributed by atoms with Gasteiger partial charge in [-0.3, -0.25) is 0 Å². The summed E-state index contributed by atoms with van der Waals surface area (Å²) in [6.45, 7) is 0. The molecule has 0 aliphatic rings. The number of rotatable bonds is 0. The van der Waals surface area contributed by atoms with Crippen LogP contribution in [0.5, 0.6) is 0 Å². The standard InChI is InChI=1S/Ir.Pd.Rh.2Ru. The van der Waals surface area contributed by atoms with Crippen LogP contribution in [0.1, 0.15) is 0 Å². The van der Waals surface area contributed by atoms with E-state index < -0.39 is 0 Å². The summed E-state index contributed by atoms with van der Waals surface area (Å²) in [7, 11) is 0. The normalized spacial score (nSPS) is 0. The van der Waals surface area contributed by atoms with Crippen molar-refractivity contribution in [2.45, 2.75) is 0 Å². The average molecular weight is 604 g/mol. The van der Waals surface area contributed by atoms with E-state index in [4.69, 9.17) is 0 Å². The summed E-state index contributed by atoms with van der Waals surface area (Å²) in [5, 5.41) is 0. The van der Waals surface area contributed by atoms with E-state index in [1.54, 1.807) is 0 Å². The van der Waals surface area contributed by atoms with Crippen LogP contribution >= 0.6 is 0 Å². The second-order valence-electron chi connectivity index (χ2n) is 0. The van der Waals surface area contributed by atoms with E-state index in [1.807, 2.05) is 0 Å². The Morgan fingerprint density at radius 2 is 0.800 bits per heavy atom. The molecule has 0 N–H and O–H groups in total. The van der Waals surface area contributed by atoms with Crippen LogP contribution in [0.2, 0.25) is 0 Å². The first kappa shape index (κ1) is 41.7. The van der Waals surface area contributed by atoms with Gasteiger partial charge in [0, 0.05) is 99.0 Å². The molecule has 0 aliphatic carbocycles. The summed E-state index contributed by atoms with van der Waals surface area (Å²) >= 11 is 0. The fourth-order valence-electron chi connectivity index (χ4n) is 0. The summed E-state index contributed by atoms with van der Waals surface area (Å²) in [6.07, 6.45) is 0. The molecule has 0 aliphatic heterocycles. The maximum Gasteiger partial charge on any atom is 0 e. The SMILES string of the molecule is [Ir].[Pd].[Rh].[Ru].[Ru]. The fourth-order valence-corrected chi connectivity index (χ4v) is 0. The summed E-state index contributed by atoms with van der Waals surface area (Å²) in [5.74, 6) is 0. The summed E-state index contributed by atoms with van der Waals surface area (Å²) in [5.41, 5.74) is 0. The summed E-state index contributed by atoms with van der Waals surface area (Å²) < 4.78 is 0. The first-order valence-electron chi connectivity index (χ1n) is 0. The molecule has 5 heteroatoms. The Bertz CT molecular complexity index is 9.61. The second-order valence-corrected chi connectivity index (χ2v) is 0. The molecule has 0 atom stereocenters. The molecule has 0 aromatic carbocycles. The van der Waals surface area contributed by atoms with Gasteiger partial charge in [0.1, 0.15) is 0 Å². The van der Waals surface area contributed by atoms with E-state index in [9.17, 15) is 0 Å². The van der Waals surface area contributed by atoms with Gasteiger partial charge >= 0.3 is 0 Å². The maximum atomic E-state index is 0. The van der Waals surface area contributed by atoms with E-state index >= 15 is 0 Å². The molecule has 2 radical (unpaired) electrons. The molecule has 5 heavy (non-hydrogen) atoms. The topological polar surface area (TPSA) is 0 Å². The third kappa shape index (κ3) is 19.0. The Balaban J connectivity index is 0. The Morgan fingerprint density at radius 3 is 0.800 bits per heavy atom. The third-order valence-corrected chi connectivity index (χ3v) is 0. The smallest absolute Gasteiger partial charge is 0 e. The Kier molecular flexibility index (Phi) is 226. The van der Waals surface area contributed by atoms with E-state index in [2.05, 4.69) is 0 Å². The Labute approximate surface area is 97.3 Å². The third-order valence-electron chi connectivity index (χ3n) is 0. The molecule has 0 saturated carbocycles. The van der Waals surface area contributed by atoms with Crippen molar-refractivity contribution in [2.75, 3.05) is 0 Å². The second kappa shape index (κ2) is 27.1. The van der Waals surface area contributed by atoms with Gasteiger partial charge in [-0.2, -0.15) is 0 Å². The number of hydrogen-bond donors (Lipinski definition) is 0. The predicted molar refractivity (Wildman–Crippen MR) is 0 cm³/mol. The van der Waals surface area contributed by atoms with Crippen molar-refractivity contribution in [3.8, 4) is 0 Å². The predicted octanol–water partition coefficient (Wildman–Crippen LogP) is -0.0125. The van der Waals surface area contributed by atoms with Gasteiger partial charge in [0.25, 0.3) is 0 Å². The monoisotopic (exact) mass is 606 g/mol. The molecule has 0 rings (SSSR count). The molecule has 0 aromatic rings. The van der Waals surface area contributed by atoms with Gasteiger partial charge in [-0.1, -0.05) is 0 Å². The molecular weight excluding hydrogens is 604 g/mol. The zero-order valence-corrected chi connectivity index (χ0v) is 10.8. The fraction of sp³-hybridized carbons (Fsp3) is 0. The van der Waals surface area contributed by atoms with Gasteiger partial charge in [-0.25, -0.2) is 0 Å². The van der Waals surface area contributed by atoms with Crippen molar-refractivity contribution in [3.05, 3.63) is 0 Å². The first-order valence-corrected chi connectivity index (χ1v) is 0. The molecule has 0 nitrogen and oxygen atoms in total. The van der Waals surface area contributed by atoms with Crippen molar-refractivity contribution < 1.29 is 99.0 Å². The average Bonchev–Trinajstić information content (AvgIpc) is 0. The van der Waals surface area contributed by atoms with Crippen LogP contribution in [0.25, 0.3) is 0 Å². The van der Waals surface area contributed by atoms with E-state index in [-0.39, 0.29) is 99.0 Å². The van der Waals surface area contributed by atoms with Crippen molar-refractivity contribution in [3.63, 3.8) is 0 Å². The van der Waals surface area contributed by atoms with Gasteiger partial charge in [0.05, 0.1) is 0 Å². The largest absolute Gasteiger partial charge is 0 e. The van der Waals surface area contributed by atoms with E-state index in [0.29, 0.717) is 0 Å². The van der Waals surface area contributed by atoms with Crippen molar-refractivity contribution in [2.24, 2.45) is 0 Å². The molecule has 0 heterocycles. The Morgan fingerprint density at radius 1 is 0.800 bits per heavy atom. The molecule has 0 saturated heterocycles. The molecular formula is IrPdRhRu2. The van der Waals surface area contributed by atoms with E-state index in [0.717, 1.165) is 0 Å². The minimum absolute atomic E-state index is 0. The van der Waals surface area contributed by atoms with Gasteiger partial charge in [0.15, 0.2) is 0 Å². The first-order chi connectivity index (χ1) is 0. The molecule has 0 amide bonds. The van der Waals surface area contributed by atoms with Crippen LogP contribution in [0.15, 0.2) is 0 Å². The van der Waals surface area contributed by atoms with E-state index in [1.165, 1.54) is 0 Å². The summed E-state index contributed by atoms with van der Waals surface area (Å²) in [6, 6.07) is 0. The van der Waals surface area contributed by atoms with Crippen molar-refractivity contribution in [1.82, 2.24) is 0 Å². The molecule has 0 spiro atoms. The van der Waals surface area contributed by atoms with Gasteiger partial charge in [0.2, 0.25) is 0 Å². The van der Waals surface area contributed by atoms with Crippen LogP contribution in [0.4, 0.5) is 0 Å². The summed E-state index contributed by atoms with van der Waals surface area (Å²) in [4.78, 5) is 0. The van der Waals surface area contributed by atoms with Gasteiger partial charge in [-0.15, -0.1) is 0 Å². The zero-order valence-electron chi connectivity index (χ0n) is 1.69. The zero-order chi connectivity index (χ0) is 0. The van der Waals surface area contributed by atoms with Crippen LogP contribution in [0.3, 0.4) is 0 Å². The Hall–Kier alpha value is 3.18. The van der Waals surface area contributed by atoms with Crippen molar-refractivity contribution in [1.29, 1.82) is 0 Å². The molecule has 0 bridgehead atoms. The van der Waals surface area contributed by atoms with Gasteiger partial charge < -0.3 is 0 Å². The number of hydrogen-bond acceptors (Lipinski definition) is 0. The molecule has 0 fully saturated rings. The minimum Gasteiger partial charge on any atom is 0 e. The maximum absolute atomic E-state index is 0.